The molecule has 3 nitrogen and oxygen atoms in total. The molecule has 1 saturated heterocycles. The fraction of sp³-hybridized carbons (Fsp3) is 0.500. The summed E-state index contributed by atoms with van der Waals surface area (Å²) in [5.41, 5.74) is 3.02. The van der Waals surface area contributed by atoms with Crippen LogP contribution in [0.15, 0.2) is 18.2 Å². The molecule has 1 N–H and O–H groups in total. The zero-order chi connectivity index (χ0) is 12.4. The topological polar surface area (TPSA) is 32.3 Å². The van der Waals surface area contributed by atoms with E-state index in [1.165, 1.54) is 0 Å². The standard InChI is InChI=1S/C14H20N2O/c1-10-5-4-6-11(2)13(10)14(17)16-8-7-15-12(3)9-16/h4-6,12,15H,7-9H2,1-3H3/t12-/m0/s1. The average molecular weight is 232 g/mol. The van der Waals surface area contributed by atoms with E-state index < -0.39 is 0 Å². The zero-order valence-electron chi connectivity index (χ0n) is 10.8. The Balaban J connectivity index is 2.24. The molecule has 1 heterocycles. The summed E-state index contributed by atoms with van der Waals surface area (Å²) in [6.45, 7) is 8.61. The van der Waals surface area contributed by atoms with Crippen LogP contribution in [0.1, 0.15) is 28.4 Å². The molecule has 0 bridgehead atoms. The number of carbonyl (C=O) groups is 1. The molecule has 1 aliphatic heterocycles. The van der Waals surface area contributed by atoms with Gasteiger partial charge in [-0.3, -0.25) is 4.79 Å². The molecular formula is C14H20N2O. The molecule has 1 amide bonds. The Labute approximate surface area is 103 Å². The maximum atomic E-state index is 12.5. The van der Waals surface area contributed by atoms with Gasteiger partial charge in [-0.25, -0.2) is 0 Å². The fourth-order valence-corrected chi connectivity index (χ4v) is 2.43. The van der Waals surface area contributed by atoms with E-state index >= 15 is 0 Å². The van der Waals surface area contributed by atoms with Crippen molar-refractivity contribution in [3.8, 4) is 0 Å². The third-order valence-corrected chi connectivity index (χ3v) is 3.35. The molecule has 1 aliphatic rings. The monoisotopic (exact) mass is 232 g/mol. The molecule has 92 valence electrons. The molecule has 0 aromatic heterocycles. The first kappa shape index (κ1) is 12.1. The van der Waals surface area contributed by atoms with Gasteiger partial charge in [-0.1, -0.05) is 18.2 Å². The highest BCUT2D eigenvalue weighted by Gasteiger charge is 2.23. The number of carbonyl (C=O) groups excluding carboxylic acids is 1. The average Bonchev–Trinajstić information content (AvgIpc) is 2.28. The Bertz CT molecular complexity index is 408. The van der Waals surface area contributed by atoms with Crippen molar-refractivity contribution in [3.63, 3.8) is 0 Å². The van der Waals surface area contributed by atoms with Crippen molar-refractivity contribution >= 4 is 5.91 Å². The van der Waals surface area contributed by atoms with Gasteiger partial charge in [0.15, 0.2) is 0 Å². The summed E-state index contributed by atoms with van der Waals surface area (Å²) in [6, 6.07) is 6.40. The van der Waals surface area contributed by atoms with Gasteiger partial charge in [0.25, 0.3) is 5.91 Å². The molecule has 1 aromatic carbocycles. The van der Waals surface area contributed by atoms with Crippen LogP contribution in [0.5, 0.6) is 0 Å². The highest BCUT2D eigenvalue weighted by atomic mass is 16.2. The van der Waals surface area contributed by atoms with E-state index in [0.717, 1.165) is 36.3 Å². The van der Waals surface area contributed by atoms with Gasteiger partial charge in [0, 0.05) is 31.2 Å². The van der Waals surface area contributed by atoms with E-state index in [0.29, 0.717) is 6.04 Å². The van der Waals surface area contributed by atoms with Crippen LogP contribution in [0.2, 0.25) is 0 Å². The van der Waals surface area contributed by atoms with E-state index in [1.54, 1.807) is 0 Å². The SMILES string of the molecule is Cc1cccc(C)c1C(=O)N1CCN[C@@H](C)C1. The van der Waals surface area contributed by atoms with Gasteiger partial charge in [0.1, 0.15) is 0 Å². The summed E-state index contributed by atoms with van der Waals surface area (Å²) in [4.78, 5) is 14.4. The molecule has 1 aromatic rings. The zero-order valence-corrected chi connectivity index (χ0v) is 10.8. The largest absolute Gasteiger partial charge is 0.336 e. The van der Waals surface area contributed by atoms with Crippen molar-refractivity contribution in [1.82, 2.24) is 10.2 Å². The number of nitrogens with one attached hydrogen (secondary N) is 1. The van der Waals surface area contributed by atoms with Gasteiger partial charge < -0.3 is 10.2 Å². The predicted octanol–water partition coefficient (Wildman–Crippen LogP) is 1.74. The lowest BCUT2D eigenvalue weighted by atomic mass is 10.0. The van der Waals surface area contributed by atoms with Crippen LogP contribution >= 0.6 is 0 Å². The normalized spacial score (nSPS) is 20.4. The number of amides is 1. The van der Waals surface area contributed by atoms with Crippen LogP contribution in [-0.2, 0) is 0 Å². The number of aryl methyl sites for hydroxylation is 2. The number of rotatable bonds is 1. The maximum absolute atomic E-state index is 12.5. The molecule has 0 unspecified atom stereocenters. The first-order valence-electron chi connectivity index (χ1n) is 6.18. The first-order valence-corrected chi connectivity index (χ1v) is 6.18. The molecule has 1 fully saturated rings. The molecule has 0 aliphatic carbocycles. The lowest BCUT2D eigenvalue weighted by molar-refractivity contribution is 0.0707. The predicted molar refractivity (Wildman–Crippen MR) is 69.3 cm³/mol. The summed E-state index contributed by atoms with van der Waals surface area (Å²) < 4.78 is 0. The second-order valence-electron chi connectivity index (χ2n) is 4.87. The second kappa shape index (κ2) is 4.88. The van der Waals surface area contributed by atoms with Crippen LogP contribution in [-0.4, -0.2) is 36.5 Å². The van der Waals surface area contributed by atoms with Gasteiger partial charge in [0.2, 0.25) is 0 Å². The van der Waals surface area contributed by atoms with E-state index in [9.17, 15) is 4.79 Å². The summed E-state index contributed by atoms with van der Waals surface area (Å²) in [7, 11) is 0. The quantitative estimate of drug-likeness (QED) is 0.800. The van der Waals surface area contributed by atoms with Crippen molar-refractivity contribution in [2.24, 2.45) is 0 Å². The van der Waals surface area contributed by atoms with Gasteiger partial charge in [-0.15, -0.1) is 0 Å². The Kier molecular flexibility index (Phi) is 3.48. The fourth-order valence-electron chi connectivity index (χ4n) is 2.43. The van der Waals surface area contributed by atoms with Crippen molar-refractivity contribution < 1.29 is 4.79 Å². The molecular weight excluding hydrogens is 212 g/mol. The minimum absolute atomic E-state index is 0.175. The Morgan fingerprint density at radius 3 is 2.59 bits per heavy atom. The molecule has 17 heavy (non-hydrogen) atoms. The van der Waals surface area contributed by atoms with Gasteiger partial charge in [-0.2, -0.15) is 0 Å². The van der Waals surface area contributed by atoms with Crippen LogP contribution in [0.3, 0.4) is 0 Å². The van der Waals surface area contributed by atoms with Crippen molar-refractivity contribution in [2.75, 3.05) is 19.6 Å². The summed E-state index contributed by atoms with van der Waals surface area (Å²) in [5, 5.41) is 3.35. The number of nitrogens with zero attached hydrogens (tertiary/aromatic N) is 1. The van der Waals surface area contributed by atoms with Crippen LogP contribution in [0.25, 0.3) is 0 Å². The van der Waals surface area contributed by atoms with E-state index in [4.69, 9.17) is 0 Å². The Morgan fingerprint density at radius 2 is 2.00 bits per heavy atom. The molecule has 3 heteroatoms. The van der Waals surface area contributed by atoms with Crippen molar-refractivity contribution in [3.05, 3.63) is 34.9 Å². The number of piperazine rings is 1. The second-order valence-corrected chi connectivity index (χ2v) is 4.87. The van der Waals surface area contributed by atoms with Crippen molar-refractivity contribution in [1.29, 1.82) is 0 Å². The molecule has 0 radical (unpaired) electrons. The number of hydrogen-bond acceptors (Lipinski definition) is 2. The van der Waals surface area contributed by atoms with Crippen LogP contribution < -0.4 is 5.32 Å². The Hall–Kier alpha value is -1.35. The van der Waals surface area contributed by atoms with Gasteiger partial charge in [0.05, 0.1) is 0 Å². The number of benzene rings is 1. The third-order valence-electron chi connectivity index (χ3n) is 3.35. The highest BCUT2D eigenvalue weighted by Crippen LogP contribution is 2.16. The lowest BCUT2D eigenvalue weighted by Gasteiger charge is -2.32. The van der Waals surface area contributed by atoms with Crippen LogP contribution in [0, 0.1) is 13.8 Å². The van der Waals surface area contributed by atoms with E-state index in [-0.39, 0.29) is 5.91 Å². The smallest absolute Gasteiger partial charge is 0.254 e. The lowest BCUT2D eigenvalue weighted by Crippen LogP contribution is -2.51. The molecule has 0 spiro atoms. The third kappa shape index (κ3) is 2.50. The minimum Gasteiger partial charge on any atom is -0.336 e. The summed E-state index contributed by atoms with van der Waals surface area (Å²) >= 11 is 0. The maximum Gasteiger partial charge on any atom is 0.254 e. The van der Waals surface area contributed by atoms with E-state index in [1.807, 2.05) is 36.9 Å². The van der Waals surface area contributed by atoms with Gasteiger partial charge >= 0.3 is 0 Å². The minimum atomic E-state index is 0.175. The molecule has 0 saturated carbocycles. The first-order chi connectivity index (χ1) is 8.09. The van der Waals surface area contributed by atoms with Crippen molar-refractivity contribution in [2.45, 2.75) is 26.8 Å². The Morgan fingerprint density at radius 1 is 1.35 bits per heavy atom. The highest BCUT2D eigenvalue weighted by molar-refractivity contribution is 5.97. The summed E-state index contributed by atoms with van der Waals surface area (Å²) in [5.74, 6) is 0.175. The van der Waals surface area contributed by atoms with Gasteiger partial charge in [-0.05, 0) is 31.9 Å². The van der Waals surface area contributed by atoms with E-state index in [2.05, 4.69) is 12.2 Å². The summed E-state index contributed by atoms with van der Waals surface area (Å²) in [6.07, 6.45) is 0. The molecule has 2 rings (SSSR count). The molecule has 1 atom stereocenters. The van der Waals surface area contributed by atoms with Crippen LogP contribution in [0.4, 0.5) is 0 Å². The number of hydrogen-bond donors (Lipinski definition) is 1.